The molecule has 2 N–H and O–H groups in total. The maximum atomic E-state index is 11.2. The number of hydrogen-bond donors (Lipinski definition) is 2. The van der Waals surface area contributed by atoms with Gasteiger partial charge in [0, 0.05) is 6.42 Å². The fourth-order valence-corrected chi connectivity index (χ4v) is 3.35. The topological polar surface area (TPSA) is 68.2 Å². The molecular formula is C23H28O5. The quantitative estimate of drug-likeness (QED) is 0.684. The summed E-state index contributed by atoms with van der Waals surface area (Å²) in [5.41, 5.74) is 1.45. The molecule has 0 aromatic heterocycles. The fraction of sp³-hybridized carbons (Fsp3) is 0.391. The molecule has 0 unspecified atom stereocenters. The summed E-state index contributed by atoms with van der Waals surface area (Å²) in [5, 5.41) is 21.4. The van der Waals surface area contributed by atoms with Gasteiger partial charge in [0.05, 0.1) is 39.1 Å². The lowest BCUT2D eigenvalue weighted by atomic mass is 9.83. The van der Waals surface area contributed by atoms with E-state index in [9.17, 15) is 10.2 Å². The number of hydrogen-bond acceptors (Lipinski definition) is 5. The van der Waals surface area contributed by atoms with E-state index in [1.807, 2.05) is 61.5 Å². The highest BCUT2D eigenvalue weighted by molar-refractivity contribution is 5.27. The minimum Gasteiger partial charge on any atom is -0.497 e. The first-order valence-corrected chi connectivity index (χ1v) is 9.46. The first kappa shape index (κ1) is 20.6. The molecule has 0 spiro atoms. The molecule has 0 radical (unpaired) electrons. The minimum atomic E-state index is -1.29. The first-order chi connectivity index (χ1) is 13.5. The van der Waals surface area contributed by atoms with Crippen molar-refractivity contribution in [2.45, 2.75) is 44.4 Å². The zero-order valence-corrected chi connectivity index (χ0v) is 16.4. The molecule has 2 aromatic carbocycles. The second-order valence-corrected chi connectivity index (χ2v) is 7.26. The SMILES string of the molecule is COc1ccc(COC[C@@]2(O)C=C(C)[C@H](O)C[C@@H]2OCc2ccccc2)cc1. The van der Waals surface area contributed by atoms with E-state index in [4.69, 9.17) is 14.2 Å². The Hall–Kier alpha value is -2.18. The van der Waals surface area contributed by atoms with Crippen molar-refractivity contribution in [3.8, 4) is 5.75 Å². The van der Waals surface area contributed by atoms with E-state index in [1.165, 1.54) is 0 Å². The monoisotopic (exact) mass is 384 g/mol. The fourth-order valence-electron chi connectivity index (χ4n) is 3.35. The van der Waals surface area contributed by atoms with E-state index in [0.717, 1.165) is 22.4 Å². The van der Waals surface area contributed by atoms with Crippen molar-refractivity contribution in [1.82, 2.24) is 0 Å². The van der Waals surface area contributed by atoms with Crippen LogP contribution >= 0.6 is 0 Å². The maximum absolute atomic E-state index is 11.2. The zero-order chi connectivity index (χ0) is 20.0. The molecule has 5 nitrogen and oxygen atoms in total. The van der Waals surface area contributed by atoms with Crippen LogP contribution in [-0.2, 0) is 22.7 Å². The Morgan fingerprint density at radius 1 is 1.00 bits per heavy atom. The van der Waals surface area contributed by atoms with Crippen LogP contribution in [0.15, 0.2) is 66.2 Å². The van der Waals surface area contributed by atoms with Gasteiger partial charge in [0.25, 0.3) is 0 Å². The number of ether oxygens (including phenoxy) is 3. The van der Waals surface area contributed by atoms with Gasteiger partial charge in [0.2, 0.25) is 0 Å². The molecular weight excluding hydrogens is 356 g/mol. The molecule has 0 aliphatic heterocycles. The van der Waals surface area contributed by atoms with E-state index in [1.54, 1.807) is 13.2 Å². The number of aliphatic hydroxyl groups excluding tert-OH is 1. The zero-order valence-electron chi connectivity index (χ0n) is 16.4. The molecule has 1 aliphatic rings. The van der Waals surface area contributed by atoms with Crippen LogP contribution in [0.2, 0.25) is 0 Å². The second kappa shape index (κ2) is 9.34. The Labute approximate surface area is 166 Å². The normalized spacial score (nSPS) is 24.6. The minimum absolute atomic E-state index is 0.0859. The van der Waals surface area contributed by atoms with E-state index < -0.39 is 17.8 Å². The highest BCUT2D eigenvalue weighted by Gasteiger charge is 2.41. The van der Waals surface area contributed by atoms with Gasteiger partial charge in [0.1, 0.15) is 11.4 Å². The van der Waals surface area contributed by atoms with E-state index in [0.29, 0.717) is 19.6 Å². The number of methoxy groups -OCH3 is 1. The molecule has 2 aromatic rings. The van der Waals surface area contributed by atoms with Crippen LogP contribution in [0.25, 0.3) is 0 Å². The van der Waals surface area contributed by atoms with Gasteiger partial charge < -0.3 is 24.4 Å². The highest BCUT2D eigenvalue weighted by Crippen LogP contribution is 2.31. The molecule has 150 valence electrons. The lowest BCUT2D eigenvalue weighted by molar-refractivity contribution is -0.140. The molecule has 3 rings (SSSR count). The van der Waals surface area contributed by atoms with Gasteiger partial charge in [-0.05, 0) is 41.8 Å². The van der Waals surface area contributed by atoms with E-state index >= 15 is 0 Å². The van der Waals surface area contributed by atoms with E-state index in [2.05, 4.69) is 0 Å². The molecule has 5 heteroatoms. The Morgan fingerprint density at radius 3 is 2.36 bits per heavy atom. The smallest absolute Gasteiger partial charge is 0.132 e. The van der Waals surface area contributed by atoms with Crippen LogP contribution in [-0.4, -0.2) is 41.7 Å². The predicted octanol–water partition coefficient (Wildman–Crippen LogP) is 3.24. The van der Waals surface area contributed by atoms with Crippen LogP contribution in [0.5, 0.6) is 5.75 Å². The molecule has 0 heterocycles. The van der Waals surface area contributed by atoms with Crippen LogP contribution in [0.1, 0.15) is 24.5 Å². The third-order valence-corrected chi connectivity index (χ3v) is 5.05. The summed E-state index contributed by atoms with van der Waals surface area (Å²) in [6, 6.07) is 17.4. The summed E-state index contributed by atoms with van der Waals surface area (Å²) in [6.45, 7) is 2.63. The summed E-state index contributed by atoms with van der Waals surface area (Å²) < 4.78 is 16.9. The summed E-state index contributed by atoms with van der Waals surface area (Å²) >= 11 is 0. The largest absolute Gasteiger partial charge is 0.497 e. The van der Waals surface area contributed by atoms with Crippen LogP contribution < -0.4 is 4.74 Å². The average molecular weight is 384 g/mol. The summed E-state index contributed by atoms with van der Waals surface area (Å²) in [4.78, 5) is 0. The number of aliphatic hydroxyl groups is 2. The second-order valence-electron chi connectivity index (χ2n) is 7.26. The molecule has 28 heavy (non-hydrogen) atoms. The van der Waals surface area contributed by atoms with Crippen LogP contribution in [0.3, 0.4) is 0 Å². The van der Waals surface area contributed by atoms with Gasteiger partial charge in [-0.3, -0.25) is 0 Å². The lowest BCUT2D eigenvalue weighted by Crippen LogP contribution is -2.51. The van der Waals surface area contributed by atoms with E-state index in [-0.39, 0.29) is 6.61 Å². The van der Waals surface area contributed by atoms with Gasteiger partial charge in [-0.1, -0.05) is 42.5 Å². The van der Waals surface area contributed by atoms with Crippen molar-refractivity contribution in [3.05, 3.63) is 77.4 Å². The molecule has 0 fully saturated rings. The van der Waals surface area contributed by atoms with Crippen molar-refractivity contribution >= 4 is 0 Å². The van der Waals surface area contributed by atoms with Crippen molar-refractivity contribution < 1.29 is 24.4 Å². The Bertz CT molecular complexity index is 771. The summed E-state index contributed by atoms with van der Waals surface area (Å²) in [5.74, 6) is 0.789. The third-order valence-electron chi connectivity index (χ3n) is 5.05. The third kappa shape index (κ3) is 5.20. The Kier molecular flexibility index (Phi) is 6.86. The van der Waals surface area contributed by atoms with Crippen molar-refractivity contribution in [3.63, 3.8) is 0 Å². The molecule has 0 bridgehead atoms. The van der Waals surface area contributed by atoms with Crippen LogP contribution in [0, 0.1) is 0 Å². The predicted molar refractivity (Wildman–Crippen MR) is 107 cm³/mol. The standard InChI is InChI=1S/C23H28O5/c1-17-13-23(25,16-27-14-19-8-10-20(26-2)11-9-19)22(12-21(17)24)28-15-18-6-4-3-5-7-18/h3-11,13,21-22,24-25H,12,14-16H2,1-2H3/t21-,22+,23+/m1/s1. The lowest BCUT2D eigenvalue weighted by Gasteiger charge is -2.39. The summed E-state index contributed by atoms with van der Waals surface area (Å²) in [6.07, 6.45) is 0.826. The molecule has 0 amide bonds. The Morgan fingerprint density at radius 2 is 1.68 bits per heavy atom. The molecule has 0 saturated heterocycles. The molecule has 1 aliphatic carbocycles. The van der Waals surface area contributed by atoms with Gasteiger partial charge in [0.15, 0.2) is 0 Å². The maximum Gasteiger partial charge on any atom is 0.132 e. The summed E-state index contributed by atoms with van der Waals surface area (Å²) in [7, 11) is 1.63. The average Bonchev–Trinajstić information content (AvgIpc) is 2.71. The first-order valence-electron chi connectivity index (χ1n) is 9.46. The van der Waals surface area contributed by atoms with Gasteiger partial charge in [-0.2, -0.15) is 0 Å². The van der Waals surface area contributed by atoms with Gasteiger partial charge in [-0.15, -0.1) is 0 Å². The molecule has 3 atom stereocenters. The number of benzene rings is 2. The van der Waals surface area contributed by atoms with Gasteiger partial charge in [-0.25, -0.2) is 0 Å². The highest BCUT2D eigenvalue weighted by atomic mass is 16.5. The number of rotatable bonds is 8. The van der Waals surface area contributed by atoms with Crippen molar-refractivity contribution in [2.75, 3.05) is 13.7 Å². The van der Waals surface area contributed by atoms with Crippen molar-refractivity contribution in [2.24, 2.45) is 0 Å². The molecule has 0 saturated carbocycles. The van der Waals surface area contributed by atoms with Crippen molar-refractivity contribution in [1.29, 1.82) is 0 Å². The van der Waals surface area contributed by atoms with Gasteiger partial charge >= 0.3 is 0 Å². The Balaban J connectivity index is 1.63. The van der Waals surface area contributed by atoms with Crippen LogP contribution in [0.4, 0.5) is 0 Å².